The van der Waals surface area contributed by atoms with Gasteiger partial charge in [0, 0.05) is 12.1 Å². The van der Waals surface area contributed by atoms with E-state index in [9.17, 15) is 0 Å². The van der Waals surface area contributed by atoms with Crippen molar-refractivity contribution in [2.24, 2.45) is 11.7 Å². The Morgan fingerprint density at radius 3 is 2.42 bits per heavy atom. The zero-order valence-corrected chi connectivity index (χ0v) is 7.76. The molecule has 0 amide bonds. The number of hydrogen-bond acceptors (Lipinski definition) is 2. The van der Waals surface area contributed by atoms with E-state index in [-0.39, 0.29) is 0 Å². The summed E-state index contributed by atoms with van der Waals surface area (Å²) in [6.45, 7) is 1.22. The van der Waals surface area contributed by atoms with E-state index in [0.29, 0.717) is 6.04 Å². The lowest BCUT2D eigenvalue weighted by Gasteiger charge is -2.33. The maximum absolute atomic E-state index is 5.72. The summed E-state index contributed by atoms with van der Waals surface area (Å²) in [6, 6.07) is 1.35. The molecule has 0 unspecified atom stereocenters. The van der Waals surface area contributed by atoms with Crippen molar-refractivity contribution in [2.45, 2.75) is 50.6 Å². The normalized spacial score (nSPS) is 36.8. The Morgan fingerprint density at radius 1 is 1.17 bits per heavy atom. The highest BCUT2D eigenvalue weighted by Gasteiger charge is 2.26. The summed E-state index contributed by atoms with van der Waals surface area (Å²) in [5.41, 5.74) is 5.72. The molecule has 0 heterocycles. The lowest BCUT2D eigenvalue weighted by Crippen LogP contribution is -2.43. The predicted molar refractivity (Wildman–Crippen MR) is 51.0 cm³/mol. The topological polar surface area (TPSA) is 38.0 Å². The molecule has 2 rings (SSSR count). The summed E-state index contributed by atoms with van der Waals surface area (Å²) in [4.78, 5) is 0. The van der Waals surface area contributed by atoms with Gasteiger partial charge in [0.2, 0.25) is 0 Å². The molecule has 12 heavy (non-hydrogen) atoms. The van der Waals surface area contributed by atoms with E-state index >= 15 is 0 Å². The van der Waals surface area contributed by atoms with Gasteiger partial charge in [0.25, 0.3) is 0 Å². The van der Waals surface area contributed by atoms with Crippen LogP contribution in [0.5, 0.6) is 0 Å². The average molecular weight is 168 g/mol. The van der Waals surface area contributed by atoms with Crippen molar-refractivity contribution in [3.8, 4) is 0 Å². The Hall–Kier alpha value is -0.0800. The van der Waals surface area contributed by atoms with Gasteiger partial charge in [-0.2, -0.15) is 0 Å². The second-order valence-corrected chi connectivity index (χ2v) is 4.49. The van der Waals surface area contributed by atoms with E-state index in [1.807, 2.05) is 0 Å². The first-order valence-corrected chi connectivity index (χ1v) is 5.33. The molecular weight excluding hydrogens is 148 g/mol. The fraction of sp³-hybridized carbons (Fsp3) is 1.00. The number of nitrogens with two attached hydrogens (primary N) is 1. The highest BCUT2D eigenvalue weighted by Crippen LogP contribution is 2.25. The van der Waals surface area contributed by atoms with Crippen LogP contribution in [-0.4, -0.2) is 18.6 Å². The molecule has 0 spiro atoms. The molecule has 0 atom stereocenters. The van der Waals surface area contributed by atoms with Crippen LogP contribution < -0.4 is 11.1 Å². The third kappa shape index (κ3) is 1.99. The molecule has 0 radical (unpaired) electrons. The maximum atomic E-state index is 5.72. The molecule has 0 bridgehead atoms. The van der Waals surface area contributed by atoms with Gasteiger partial charge in [-0.05, 0) is 38.1 Å². The molecule has 3 N–H and O–H groups in total. The fourth-order valence-electron chi connectivity index (χ4n) is 2.42. The van der Waals surface area contributed by atoms with Crippen molar-refractivity contribution in [3.05, 3.63) is 0 Å². The van der Waals surface area contributed by atoms with Gasteiger partial charge in [-0.1, -0.05) is 12.8 Å². The summed E-state index contributed by atoms with van der Waals surface area (Å²) in [5.74, 6) is 0.889. The summed E-state index contributed by atoms with van der Waals surface area (Å²) in [5, 5.41) is 3.65. The Kier molecular flexibility index (Phi) is 2.66. The highest BCUT2D eigenvalue weighted by molar-refractivity contribution is 4.85. The fourth-order valence-corrected chi connectivity index (χ4v) is 2.42. The lowest BCUT2D eigenvalue weighted by atomic mass is 9.81. The highest BCUT2D eigenvalue weighted by atomic mass is 14.9. The average Bonchev–Trinajstić information content (AvgIpc) is 2.47. The van der Waals surface area contributed by atoms with Gasteiger partial charge >= 0.3 is 0 Å². The smallest absolute Gasteiger partial charge is 0.00671 e. The van der Waals surface area contributed by atoms with E-state index in [1.54, 1.807) is 0 Å². The summed E-state index contributed by atoms with van der Waals surface area (Å²) in [6.07, 6.45) is 8.17. The van der Waals surface area contributed by atoms with Crippen molar-refractivity contribution in [2.75, 3.05) is 6.54 Å². The summed E-state index contributed by atoms with van der Waals surface area (Å²) in [7, 11) is 0. The van der Waals surface area contributed by atoms with Gasteiger partial charge in [0.1, 0.15) is 0 Å². The van der Waals surface area contributed by atoms with Crippen LogP contribution in [0.15, 0.2) is 0 Å². The van der Waals surface area contributed by atoms with Crippen molar-refractivity contribution in [1.29, 1.82) is 0 Å². The molecule has 2 saturated carbocycles. The second kappa shape index (κ2) is 3.75. The van der Waals surface area contributed by atoms with Crippen molar-refractivity contribution < 1.29 is 0 Å². The van der Waals surface area contributed by atoms with E-state index in [0.717, 1.165) is 12.0 Å². The van der Waals surface area contributed by atoms with Crippen LogP contribution in [0.3, 0.4) is 0 Å². The van der Waals surface area contributed by atoms with Crippen LogP contribution >= 0.6 is 0 Å². The molecule has 2 aliphatic rings. The molecule has 2 fully saturated rings. The standard InChI is InChI=1S/C10H20N2/c11-9-5-8(6-9)7-12-10-3-1-2-4-10/h8-10,12H,1-7,11H2. The van der Waals surface area contributed by atoms with Crippen LogP contribution in [0.1, 0.15) is 38.5 Å². The number of hydrogen-bond donors (Lipinski definition) is 2. The lowest BCUT2D eigenvalue weighted by molar-refractivity contribution is 0.248. The van der Waals surface area contributed by atoms with E-state index in [1.165, 1.54) is 45.1 Å². The maximum Gasteiger partial charge on any atom is 0.00671 e. The third-order valence-corrected chi connectivity index (χ3v) is 3.32. The first-order valence-electron chi connectivity index (χ1n) is 5.33. The minimum atomic E-state index is 0.514. The first kappa shape index (κ1) is 8.52. The summed E-state index contributed by atoms with van der Waals surface area (Å²) < 4.78 is 0. The van der Waals surface area contributed by atoms with Crippen LogP contribution in [0.25, 0.3) is 0 Å². The van der Waals surface area contributed by atoms with Crippen molar-refractivity contribution >= 4 is 0 Å². The largest absolute Gasteiger partial charge is 0.328 e. The zero-order chi connectivity index (χ0) is 8.39. The monoisotopic (exact) mass is 168 g/mol. The molecular formula is C10H20N2. The SMILES string of the molecule is NC1CC(CNC2CCCC2)C1. The van der Waals surface area contributed by atoms with Crippen LogP contribution in [-0.2, 0) is 0 Å². The van der Waals surface area contributed by atoms with Crippen LogP contribution in [0.2, 0.25) is 0 Å². The minimum absolute atomic E-state index is 0.514. The third-order valence-electron chi connectivity index (χ3n) is 3.32. The molecule has 2 aliphatic carbocycles. The van der Waals surface area contributed by atoms with Gasteiger partial charge in [0.15, 0.2) is 0 Å². The van der Waals surface area contributed by atoms with Crippen LogP contribution in [0, 0.1) is 5.92 Å². The second-order valence-electron chi connectivity index (χ2n) is 4.49. The Morgan fingerprint density at radius 2 is 1.83 bits per heavy atom. The Labute approximate surface area is 74.9 Å². The van der Waals surface area contributed by atoms with Crippen molar-refractivity contribution in [3.63, 3.8) is 0 Å². The van der Waals surface area contributed by atoms with Gasteiger partial charge in [-0.3, -0.25) is 0 Å². The predicted octanol–water partition coefficient (Wildman–Crippen LogP) is 1.26. The molecule has 2 nitrogen and oxygen atoms in total. The summed E-state index contributed by atoms with van der Waals surface area (Å²) >= 11 is 0. The quantitative estimate of drug-likeness (QED) is 0.665. The van der Waals surface area contributed by atoms with Gasteiger partial charge in [0.05, 0.1) is 0 Å². The minimum Gasteiger partial charge on any atom is -0.328 e. The zero-order valence-electron chi connectivity index (χ0n) is 7.76. The molecule has 0 saturated heterocycles. The Bertz CT molecular complexity index is 135. The molecule has 0 aliphatic heterocycles. The Balaban J connectivity index is 1.56. The van der Waals surface area contributed by atoms with Gasteiger partial charge < -0.3 is 11.1 Å². The first-order chi connectivity index (χ1) is 5.84. The van der Waals surface area contributed by atoms with Gasteiger partial charge in [-0.25, -0.2) is 0 Å². The van der Waals surface area contributed by atoms with E-state index < -0.39 is 0 Å². The molecule has 0 aromatic rings. The van der Waals surface area contributed by atoms with Gasteiger partial charge in [-0.15, -0.1) is 0 Å². The van der Waals surface area contributed by atoms with E-state index in [4.69, 9.17) is 5.73 Å². The molecule has 2 heteroatoms. The molecule has 0 aromatic heterocycles. The number of nitrogens with one attached hydrogen (secondary N) is 1. The van der Waals surface area contributed by atoms with Crippen molar-refractivity contribution in [1.82, 2.24) is 5.32 Å². The van der Waals surface area contributed by atoms with E-state index in [2.05, 4.69) is 5.32 Å². The molecule has 70 valence electrons. The van der Waals surface area contributed by atoms with Crippen LogP contribution in [0.4, 0.5) is 0 Å². The number of rotatable bonds is 3. The molecule has 0 aromatic carbocycles.